The maximum absolute atomic E-state index is 12.3. The van der Waals surface area contributed by atoms with Gasteiger partial charge in [-0.1, -0.05) is 12.1 Å². The van der Waals surface area contributed by atoms with E-state index >= 15 is 0 Å². The molecule has 6 nitrogen and oxygen atoms in total. The zero-order valence-corrected chi connectivity index (χ0v) is 12.7. The van der Waals surface area contributed by atoms with E-state index in [2.05, 4.69) is 11.4 Å². The predicted octanol–water partition coefficient (Wildman–Crippen LogP) is 2.09. The summed E-state index contributed by atoms with van der Waals surface area (Å²) < 4.78 is 5.10. The standard InChI is InChI=1S/C16H17N3O3/c1-4-22-15(20)13-10(2)19(3)16(21)18-14(13)12-7-5-6-11(8-12)9-17/h5-8,14H,4H2,1-3H3,(H,18,21). The second-order valence-corrected chi connectivity index (χ2v) is 4.90. The Morgan fingerprint density at radius 3 is 2.86 bits per heavy atom. The number of carbonyl (C=O) groups is 2. The lowest BCUT2D eigenvalue weighted by Gasteiger charge is -2.33. The molecule has 0 radical (unpaired) electrons. The summed E-state index contributed by atoms with van der Waals surface area (Å²) in [6.07, 6.45) is 0. The summed E-state index contributed by atoms with van der Waals surface area (Å²) in [5, 5.41) is 11.8. The average Bonchev–Trinajstić information content (AvgIpc) is 2.52. The molecule has 0 bridgehead atoms. The second-order valence-electron chi connectivity index (χ2n) is 4.90. The molecule has 6 heteroatoms. The van der Waals surface area contributed by atoms with Crippen molar-refractivity contribution in [1.29, 1.82) is 5.26 Å². The highest BCUT2D eigenvalue weighted by Crippen LogP contribution is 2.30. The van der Waals surface area contributed by atoms with Crippen molar-refractivity contribution in [2.75, 3.05) is 13.7 Å². The van der Waals surface area contributed by atoms with E-state index in [0.717, 1.165) is 0 Å². The van der Waals surface area contributed by atoms with E-state index in [0.29, 0.717) is 22.4 Å². The molecule has 2 rings (SSSR count). The number of nitrogens with zero attached hydrogens (tertiary/aromatic N) is 2. The number of hydrogen-bond acceptors (Lipinski definition) is 4. The van der Waals surface area contributed by atoms with Crippen molar-refractivity contribution >= 4 is 12.0 Å². The first-order valence-corrected chi connectivity index (χ1v) is 6.91. The van der Waals surface area contributed by atoms with Gasteiger partial charge in [-0.15, -0.1) is 0 Å². The number of allylic oxidation sites excluding steroid dienone is 1. The molecule has 1 aromatic carbocycles. The molecular formula is C16H17N3O3. The molecule has 0 fully saturated rings. The Kier molecular flexibility index (Phi) is 4.47. The van der Waals surface area contributed by atoms with Crippen LogP contribution in [0.3, 0.4) is 0 Å². The number of nitriles is 1. The van der Waals surface area contributed by atoms with Gasteiger partial charge in [-0.3, -0.25) is 0 Å². The lowest BCUT2D eigenvalue weighted by molar-refractivity contribution is -0.139. The van der Waals surface area contributed by atoms with Crippen molar-refractivity contribution in [3.8, 4) is 6.07 Å². The number of urea groups is 1. The highest BCUT2D eigenvalue weighted by atomic mass is 16.5. The van der Waals surface area contributed by atoms with Gasteiger partial charge in [0.25, 0.3) is 0 Å². The maximum atomic E-state index is 12.3. The van der Waals surface area contributed by atoms with Crippen LogP contribution in [0, 0.1) is 11.3 Å². The van der Waals surface area contributed by atoms with Crippen LogP contribution in [0.2, 0.25) is 0 Å². The number of carbonyl (C=O) groups excluding carboxylic acids is 2. The summed E-state index contributed by atoms with van der Waals surface area (Å²) >= 11 is 0. The van der Waals surface area contributed by atoms with E-state index in [1.165, 1.54) is 4.90 Å². The van der Waals surface area contributed by atoms with Gasteiger partial charge in [0.2, 0.25) is 0 Å². The number of ether oxygens (including phenoxy) is 1. The van der Waals surface area contributed by atoms with Gasteiger partial charge >= 0.3 is 12.0 Å². The topological polar surface area (TPSA) is 82.4 Å². The number of rotatable bonds is 3. The Morgan fingerprint density at radius 1 is 1.50 bits per heavy atom. The zero-order chi connectivity index (χ0) is 16.3. The highest BCUT2D eigenvalue weighted by molar-refractivity contribution is 5.95. The molecule has 0 spiro atoms. The van der Waals surface area contributed by atoms with Crippen molar-refractivity contribution in [2.24, 2.45) is 0 Å². The molecule has 0 saturated carbocycles. The predicted molar refractivity (Wildman–Crippen MR) is 79.5 cm³/mol. The van der Waals surface area contributed by atoms with Gasteiger partial charge in [-0.2, -0.15) is 5.26 Å². The third-order valence-electron chi connectivity index (χ3n) is 3.60. The largest absolute Gasteiger partial charge is 0.463 e. The summed E-state index contributed by atoms with van der Waals surface area (Å²) in [5.41, 5.74) is 2.04. The summed E-state index contributed by atoms with van der Waals surface area (Å²) in [7, 11) is 1.59. The van der Waals surface area contributed by atoms with Gasteiger partial charge < -0.3 is 15.0 Å². The van der Waals surface area contributed by atoms with Crippen LogP contribution in [0.4, 0.5) is 4.79 Å². The summed E-state index contributed by atoms with van der Waals surface area (Å²) in [6.45, 7) is 3.68. The molecule has 1 unspecified atom stereocenters. The van der Waals surface area contributed by atoms with Crippen LogP contribution in [-0.2, 0) is 9.53 Å². The van der Waals surface area contributed by atoms with Gasteiger partial charge in [0.1, 0.15) is 0 Å². The van der Waals surface area contributed by atoms with Gasteiger partial charge in [0.05, 0.1) is 29.9 Å². The van der Waals surface area contributed by atoms with E-state index in [1.54, 1.807) is 45.2 Å². The first kappa shape index (κ1) is 15.6. The minimum atomic E-state index is -0.629. The summed E-state index contributed by atoms with van der Waals surface area (Å²) in [4.78, 5) is 25.7. The van der Waals surface area contributed by atoms with Crippen LogP contribution < -0.4 is 5.32 Å². The number of benzene rings is 1. The Labute approximate surface area is 129 Å². The molecule has 1 heterocycles. The van der Waals surface area contributed by atoms with E-state index in [1.807, 2.05) is 0 Å². The molecule has 0 saturated heterocycles. The minimum absolute atomic E-state index is 0.248. The molecule has 2 amide bonds. The molecule has 1 N–H and O–H groups in total. The molecule has 0 aromatic heterocycles. The smallest absolute Gasteiger partial charge is 0.338 e. The van der Waals surface area contributed by atoms with E-state index in [-0.39, 0.29) is 12.6 Å². The number of hydrogen-bond donors (Lipinski definition) is 1. The highest BCUT2D eigenvalue weighted by Gasteiger charge is 2.34. The zero-order valence-electron chi connectivity index (χ0n) is 12.7. The van der Waals surface area contributed by atoms with Gasteiger partial charge in [0.15, 0.2) is 0 Å². The third-order valence-corrected chi connectivity index (χ3v) is 3.60. The van der Waals surface area contributed by atoms with E-state index in [9.17, 15) is 9.59 Å². The van der Waals surface area contributed by atoms with Crippen LogP contribution in [-0.4, -0.2) is 30.6 Å². The van der Waals surface area contributed by atoms with Crippen molar-refractivity contribution in [1.82, 2.24) is 10.2 Å². The molecule has 1 aromatic rings. The molecule has 1 aliphatic heterocycles. The van der Waals surface area contributed by atoms with Crippen molar-refractivity contribution in [3.05, 3.63) is 46.7 Å². The van der Waals surface area contributed by atoms with Crippen LogP contribution >= 0.6 is 0 Å². The van der Waals surface area contributed by atoms with Crippen LogP contribution in [0.5, 0.6) is 0 Å². The Hall–Kier alpha value is -2.81. The Bertz CT molecular complexity index is 688. The molecule has 114 valence electrons. The number of nitrogens with one attached hydrogen (secondary N) is 1. The number of amides is 2. The molecule has 1 atom stereocenters. The van der Waals surface area contributed by atoms with Crippen LogP contribution in [0.15, 0.2) is 35.5 Å². The van der Waals surface area contributed by atoms with Crippen LogP contribution in [0.25, 0.3) is 0 Å². The third kappa shape index (κ3) is 2.79. The molecule has 22 heavy (non-hydrogen) atoms. The number of esters is 1. The Balaban J connectivity index is 2.53. The first-order chi connectivity index (χ1) is 10.5. The summed E-state index contributed by atoms with van der Waals surface area (Å²) in [6, 6.07) is 7.92. The van der Waals surface area contributed by atoms with Crippen molar-refractivity contribution in [3.63, 3.8) is 0 Å². The Morgan fingerprint density at radius 2 is 2.23 bits per heavy atom. The van der Waals surface area contributed by atoms with E-state index < -0.39 is 12.0 Å². The van der Waals surface area contributed by atoms with Crippen molar-refractivity contribution < 1.29 is 14.3 Å². The SMILES string of the molecule is CCOC(=O)C1=C(C)N(C)C(=O)NC1c1cccc(C#N)c1. The second kappa shape index (κ2) is 6.31. The van der Waals surface area contributed by atoms with Gasteiger partial charge in [-0.05, 0) is 31.5 Å². The minimum Gasteiger partial charge on any atom is -0.463 e. The maximum Gasteiger partial charge on any atom is 0.338 e. The van der Waals surface area contributed by atoms with E-state index in [4.69, 9.17) is 10.00 Å². The van der Waals surface area contributed by atoms with Gasteiger partial charge in [-0.25, -0.2) is 9.59 Å². The molecule has 0 aliphatic carbocycles. The van der Waals surface area contributed by atoms with Crippen molar-refractivity contribution in [2.45, 2.75) is 19.9 Å². The quantitative estimate of drug-likeness (QED) is 0.866. The van der Waals surface area contributed by atoms with Crippen LogP contribution in [0.1, 0.15) is 31.0 Å². The van der Waals surface area contributed by atoms with Gasteiger partial charge in [0, 0.05) is 12.7 Å². The molecular weight excluding hydrogens is 282 g/mol. The first-order valence-electron chi connectivity index (χ1n) is 6.91. The normalized spacial score (nSPS) is 17.8. The lowest BCUT2D eigenvalue weighted by Crippen LogP contribution is -2.46. The average molecular weight is 299 g/mol. The summed E-state index contributed by atoms with van der Waals surface area (Å²) in [5.74, 6) is -0.473. The fraction of sp³-hybridized carbons (Fsp3) is 0.312. The molecule has 1 aliphatic rings. The lowest BCUT2D eigenvalue weighted by atomic mass is 9.94. The fourth-order valence-corrected chi connectivity index (χ4v) is 2.35. The fourth-order valence-electron chi connectivity index (χ4n) is 2.35. The monoisotopic (exact) mass is 299 g/mol.